The summed E-state index contributed by atoms with van der Waals surface area (Å²) in [5, 5.41) is 13.8. The van der Waals surface area contributed by atoms with Gasteiger partial charge in [0.15, 0.2) is 0 Å². The van der Waals surface area contributed by atoms with E-state index in [1.165, 1.54) is 6.07 Å². The Morgan fingerprint density at radius 3 is 2.89 bits per heavy atom. The molecule has 5 nitrogen and oxygen atoms in total. The first-order valence-electron chi connectivity index (χ1n) is 5.72. The summed E-state index contributed by atoms with van der Waals surface area (Å²) in [6.07, 6.45) is 2.46. The zero-order chi connectivity index (χ0) is 12.8. The summed E-state index contributed by atoms with van der Waals surface area (Å²) >= 11 is 0. The molecule has 1 heterocycles. The van der Waals surface area contributed by atoms with E-state index < -0.39 is 0 Å². The molecule has 2 rings (SSSR count). The second-order valence-electron chi connectivity index (χ2n) is 3.93. The van der Waals surface area contributed by atoms with E-state index in [0.29, 0.717) is 6.54 Å². The van der Waals surface area contributed by atoms with Crippen molar-refractivity contribution >= 4 is 5.69 Å². The van der Waals surface area contributed by atoms with Crippen LogP contribution in [0.1, 0.15) is 11.3 Å². The van der Waals surface area contributed by atoms with Crippen molar-refractivity contribution in [2.45, 2.75) is 13.0 Å². The van der Waals surface area contributed by atoms with E-state index in [2.05, 4.69) is 5.32 Å². The van der Waals surface area contributed by atoms with Gasteiger partial charge in [0, 0.05) is 31.6 Å². The van der Waals surface area contributed by atoms with Crippen molar-refractivity contribution < 1.29 is 9.34 Å². The number of nitrogens with one attached hydrogen (secondary N) is 1. The Hall–Kier alpha value is -2.14. The molecule has 0 spiro atoms. The fourth-order valence-corrected chi connectivity index (χ4v) is 1.68. The summed E-state index contributed by atoms with van der Waals surface area (Å²) < 4.78 is 5.21. The number of non-ortho nitro benzene ring substituents is 1. The standard InChI is InChI=1S/C13H14N2O3/c16-15(17)12-4-1-3-11(9-12)10-14-7-6-13-5-2-8-18-13/h1-5,8-9,14H,6-7,10H2. The second-order valence-corrected chi connectivity index (χ2v) is 3.93. The molecule has 0 radical (unpaired) electrons. The summed E-state index contributed by atoms with van der Waals surface area (Å²) in [4.78, 5) is 10.2. The lowest BCUT2D eigenvalue weighted by Crippen LogP contribution is -2.16. The minimum atomic E-state index is -0.383. The summed E-state index contributed by atoms with van der Waals surface area (Å²) in [5.74, 6) is 0.932. The monoisotopic (exact) mass is 246 g/mol. The van der Waals surface area contributed by atoms with Crippen LogP contribution < -0.4 is 5.32 Å². The fraction of sp³-hybridized carbons (Fsp3) is 0.231. The molecule has 0 amide bonds. The van der Waals surface area contributed by atoms with E-state index in [4.69, 9.17) is 4.42 Å². The van der Waals surface area contributed by atoms with Crippen LogP contribution in [0.5, 0.6) is 0 Å². The van der Waals surface area contributed by atoms with Gasteiger partial charge in [0.05, 0.1) is 11.2 Å². The summed E-state index contributed by atoms with van der Waals surface area (Å²) in [5.41, 5.74) is 1.03. The lowest BCUT2D eigenvalue weighted by Gasteiger charge is -2.03. The van der Waals surface area contributed by atoms with Crippen molar-refractivity contribution in [3.8, 4) is 0 Å². The molecule has 0 aliphatic heterocycles. The van der Waals surface area contributed by atoms with Crippen LogP contribution in [0, 0.1) is 10.1 Å². The van der Waals surface area contributed by atoms with Crippen LogP contribution in [-0.2, 0) is 13.0 Å². The molecule has 1 aromatic carbocycles. The Morgan fingerprint density at radius 1 is 1.28 bits per heavy atom. The molecule has 18 heavy (non-hydrogen) atoms. The summed E-state index contributed by atoms with van der Waals surface area (Å²) in [7, 11) is 0. The molecule has 0 unspecified atom stereocenters. The molecule has 0 aliphatic carbocycles. The van der Waals surface area contributed by atoms with Gasteiger partial charge in [0.2, 0.25) is 0 Å². The molecule has 1 aromatic heterocycles. The lowest BCUT2D eigenvalue weighted by molar-refractivity contribution is -0.384. The van der Waals surface area contributed by atoms with Gasteiger partial charge in [0.1, 0.15) is 5.76 Å². The Bertz CT molecular complexity index is 509. The average Bonchev–Trinajstić information content (AvgIpc) is 2.88. The van der Waals surface area contributed by atoms with Crippen molar-refractivity contribution in [2.75, 3.05) is 6.54 Å². The van der Waals surface area contributed by atoms with E-state index in [1.807, 2.05) is 18.2 Å². The third-order valence-electron chi connectivity index (χ3n) is 2.58. The van der Waals surface area contributed by atoms with Crippen molar-refractivity contribution in [2.24, 2.45) is 0 Å². The minimum Gasteiger partial charge on any atom is -0.469 e. The topological polar surface area (TPSA) is 68.3 Å². The number of nitrogens with zero attached hydrogens (tertiary/aromatic N) is 1. The molecule has 1 N–H and O–H groups in total. The predicted molar refractivity (Wildman–Crippen MR) is 67.2 cm³/mol. The first kappa shape index (κ1) is 12.3. The van der Waals surface area contributed by atoms with Crippen LogP contribution in [0.15, 0.2) is 47.1 Å². The number of benzene rings is 1. The van der Waals surface area contributed by atoms with E-state index in [-0.39, 0.29) is 10.6 Å². The molecule has 0 saturated heterocycles. The van der Waals surface area contributed by atoms with E-state index >= 15 is 0 Å². The highest BCUT2D eigenvalue weighted by Crippen LogP contribution is 2.12. The molecule has 0 atom stereocenters. The largest absolute Gasteiger partial charge is 0.469 e. The van der Waals surface area contributed by atoms with Crippen LogP contribution in [-0.4, -0.2) is 11.5 Å². The minimum absolute atomic E-state index is 0.125. The maximum absolute atomic E-state index is 10.6. The van der Waals surface area contributed by atoms with Crippen LogP contribution in [0.25, 0.3) is 0 Å². The van der Waals surface area contributed by atoms with Crippen LogP contribution in [0.4, 0.5) is 5.69 Å². The SMILES string of the molecule is O=[N+]([O-])c1cccc(CNCCc2ccco2)c1. The Labute approximate surface area is 105 Å². The Kier molecular flexibility index (Phi) is 4.09. The first-order chi connectivity index (χ1) is 8.75. The number of hydrogen-bond donors (Lipinski definition) is 1. The van der Waals surface area contributed by atoms with Gasteiger partial charge in [-0.15, -0.1) is 0 Å². The Balaban J connectivity index is 1.79. The van der Waals surface area contributed by atoms with Crippen LogP contribution >= 0.6 is 0 Å². The number of nitro benzene ring substituents is 1. The highest BCUT2D eigenvalue weighted by Gasteiger charge is 2.05. The zero-order valence-electron chi connectivity index (χ0n) is 9.83. The summed E-state index contributed by atoms with van der Waals surface area (Å²) in [6, 6.07) is 10.4. The lowest BCUT2D eigenvalue weighted by atomic mass is 10.2. The number of furan rings is 1. The third kappa shape index (κ3) is 3.43. The quantitative estimate of drug-likeness (QED) is 0.483. The average molecular weight is 246 g/mol. The van der Waals surface area contributed by atoms with Gasteiger partial charge in [-0.1, -0.05) is 12.1 Å². The third-order valence-corrected chi connectivity index (χ3v) is 2.58. The first-order valence-corrected chi connectivity index (χ1v) is 5.72. The fourth-order valence-electron chi connectivity index (χ4n) is 1.68. The molecule has 94 valence electrons. The number of rotatable bonds is 6. The molecule has 0 fully saturated rings. The van der Waals surface area contributed by atoms with Gasteiger partial charge in [-0.25, -0.2) is 0 Å². The molecule has 2 aromatic rings. The number of hydrogen-bond acceptors (Lipinski definition) is 4. The van der Waals surface area contributed by atoms with E-state index in [9.17, 15) is 10.1 Å². The van der Waals surface area contributed by atoms with Gasteiger partial charge in [-0.2, -0.15) is 0 Å². The molecule has 0 aliphatic rings. The van der Waals surface area contributed by atoms with Gasteiger partial charge >= 0.3 is 0 Å². The van der Waals surface area contributed by atoms with Crippen LogP contribution in [0.3, 0.4) is 0 Å². The molecular weight excluding hydrogens is 232 g/mol. The van der Waals surface area contributed by atoms with E-state index in [0.717, 1.165) is 24.3 Å². The highest BCUT2D eigenvalue weighted by molar-refractivity contribution is 5.34. The van der Waals surface area contributed by atoms with Gasteiger partial charge in [-0.3, -0.25) is 10.1 Å². The predicted octanol–water partition coefficient (Wildman–Crippen LogP) is 2.52. The second kappa shape index (κ2) is 5.97. The maximum Gasteiger partial charge on any atom is 0.269 e. The molecule has 0 saturated carbocycles. The van der Waals surface area contributed by atoms with Crippen molar-refractivity contribution in [3.63, 3.8) is 0 Å². The maximum atomic E-state index is 10.6. The normalized spacial score (nSPS) is 10.4. The zero-order valence-corrected chi connectivity index (χ0v) is 9.83. The van der Waals surface area contributed by atoms with Gasteiger partial charge in [0.25, 0.3) is 5.69 Å². The van der Waals surface area contributed by atoms with Crippen molar-refractivity contribution in [3.05, 3.63) is 64.1 Å². The van der Waals surface area contributed by atoms with Crippen molar-refractivity contribution in [1.29, 1.82) is 0 Å². The van der Waals surface area contributed by atoms with E-state index in [1.54, 1.807) is 18.4 Å². The van der Waals surface area contributed by atoms with Gasteiger partial charge in [-0.05, 0) is 17.7 Å². The smallest absolute Gasteiger partial charge is 0.269 e. The van der Waals surface area contributed by atoms with Crippen molar-refractivity contribution in [1.82, 2.24) is 5.32 Å². The van der Waals surface area contributed by atoms with Crippen LogP contribution in [0.2, 0.25) is 0 Å². The molecule has 0 bridgehead atoms. The highest BCUT2D eigenvalue weighted by atomic mass is 16.6. The Morgan fingerprint density at radius 2 is 2.17 bits per heavy atom. The molecular formula is C13H14N2O3. The summed E-state index contributed by atoms with van der Waals surface area (Å²) in [6.45, 7) is 1.39. The molecule has 5 heteroatoms. The number of nitro groups is 1. The van der Waals surface area contributed by atoms with Gasteiger partial charge < -0.3 is 9.73 Å².